The molecule has 21 heavy (non-hydrogen) atoms. The zero-order valence-corrected chi connectivity index (χ0v) is 14.1. The molecule has 1 fully saturated rings. The maximum absolute atomic E-state index is 12.3. The van der Waals surface area contributed by atoms with E-state index in [-0.39, 0.29) is 12.1 Å². The second-order valence-corrected chi connectivity index (χ2v) is 6.83. The van der Waals surface area contributed by atoms with Gasteiger partial charge in [0, 0.05) is 6.54 Å². The zero-order valence-electron chi connectivity index (χ0n) is 12.5. The first-order valence-corrected chi connectivity index (χ1v) is 7.65. The Morgan fingerprint density at radius 1 is 1.57 bits per heavy atom. The largest absolute Gasteiger partial charge is 0.466 e. The average Bonchev–Trinajstić information content (AvgIpc) is 2.82. The smallest absolute Gasteiger partial charge is 0.410 e. The Morgan fingerprint density at radius 2 is 2.29 bits per heavy atom. The average molecular weight is 361 g/mol. The first-order chi connectivity index (χ1) is 9.79. The summed E-state index contributed by atoms with van der Waals surface area (Å²) in [5, 5.41) is 0. The van der Waals surface area contributed by atoms with Gasteiger partial charge in [0.2, 0.25) is 0 Å². The van der Waals surface area contributed by atoms with Crippen LogP contribution in [0, 0.1) is 0 Å². The number of hydrogen-bond donors (Lipinski definition) is 1. The molecule has 2 rings (SSSR count). The van der Waals surface area contributed by atoms with E-state index in [4.69, 9.17) is 19.6 Å². The standard InChI is InChI=1S/C14H21BrN2O4/c1-14(2,3)21-13(18)17-5-7-19-8-10(17)11(16)12-9(15)4-6-20-12/h4,6,10-11H,5,7-8,16H2,1-3H3. The molecule has 1 saturated heterocycles. The summed E-state index contributed by atoms with van der Waals surface area (Å²) >= 11 is 3.39. The highest BCUT2D eigenvalue weighted by molar-refractivity contribution is 9.10. The summed E-state index contributed by atoms with van der Waals surface area (Å²) in [6.45, 7) is 6.79. The summed E-state index contributed by atoms with van der Waals surface area (Å²) in [6.07, 6.45) is 1.18. The SMILES string of the molecule is CC(C)(C)OC(=O)N1CCOCC1C(N)c1occc1Br. The molecule has 0 aliphatic carbocycles. The molecule has 1 aliphatic rings. The summed E-state index contributed by atoms with van der Waals surface area (Å²) < 4.78 is 17.1. The van der Waals surface area contributed by atoms with E-state index in [1.807, 2.05) is 20.8 Å². The van der Waals surface area contributed by atoms with E-state index in [1.165, 1.54) is 0 Å². The molecule has 0 bridgehead atoms. The van der Waals surface area contributed by atoms with E-state index in [0.717, 1.165) is 4.47 Å². The van der Waals surface area contributed by atoms with Crippen LogP contribution in [0.25, 0.3) is 0 Å². The molecule has 0 saturated carbocycles. The van der Waals surface area contributed by atoms with E-state index in [0.29, 0.717) is 25.5 Å². The van der Waals surface area contributed by atoms with Crippen LogP contribution in [-0.2, 0) is 9.47 Å². The Balaban J connectivity index is 2.15. The van der Waals surface area contributed by atoms with Gasteiger partial charge in [0.1, 0.15) is 11.4 Å². The number of nitrogens with zero attached hydrogens (tertiary/aromatic N) is 1. The maximum Gasteiger partial charge on any atom is 0.410 e. The third-order valence-corrected chi connectivity index (χ3v) is 3.81. The minimum Gasteiger partial charge on any atom is -0.466 e. The topological polar surface area (TPSA) is 77.9 Å². The van der Waals surface area contributed by atoms with Crippen molar-refractivity contribution >= 4 is 22.0 Å². The lowest BCUT2D eigenvalue weighted by Gasteiger charge is -2.38. The Bertz CT molecular complexity index is 497. The Labute approximate surface area is 132 Å². The molecule has 2 atom stereocenters. The fraction of sp³-hybridized carbons (Fsp3) is 0.643. The van der Waals surface area contributed by atoms with Gasteiger partial charge in [-0.05, 0) is 42.8 Å². The lowest BCUT2D eigenvalue weighted by molar-refractivity contribution is -0.0396. The molecule has 1 aromatic heterocycles. The van der Waals surface area contributed by atoms with Gasteiger partial charge in [-0.15, -0.1) is 0 Å². The summed E-state index contributed by atoms with van der Waals surface area (Å²) in [5.74, 6) is 0.596. The van der Waals surface area contributed by atoms with Gasteiger partial charge in [0.05, 0.1) is 36.0 Å². The van der Waals surface area contributed by atoms with E-state index >= 15 is 0 Å². The van der Waals surface area contributed by atoms with Gasteiger partial charge in [-0.3, -0.25) is 4.90 Å². The maximum atomic E-state index is 12.3. The zero-order chi connectivity index (χ0) is 15.6. The van der Waals surface area contributed by atoms with Crippen molar-refractivity contribution in [3.8, 4) is 0 Å². The lowest BCUT2D eigenvalue weighted by Crippen LogP contribution is -2.54. The van der Waals surface area contributed by atoms with E-state index in [2.05, 4.69) is 15.9 Å². The van der Waals surface area contributed by atoms with Gasteiger partial charge < -0.3 is 19.6 Å². The number of nitrogens with two attached hydrogens (primary N) is 1. The van der Waals surface area contributed by atoms with Crippen molar-refractivity contribution in [3.63, 3.8) is 0 Å². The van der Waals surface area contributed by atoms with Crippen LogP contribution in [0.4, 0.5) is 4.79 Å². The van der Waals surface area contributed by atoms with Crippen molar-refractivity contribution < 1.29 is 18.7 Å². The van der Waals surface area contributed by atoms with Crippen LogP contribution in [0.3, 0.4) is 0 Å². The Morgan fingerprint density at radius 3 is 2.86 bits per heavy atom. The summed E-state index contributed by atoms with van der Waals surface area (Å²) in [7, 11) is 0. The highest BCUT2D eigenvalue weighted by Gasteiger charge is 2.36. The van der Waals surface area contributed by atoms with Gasteiger partial charge in [0.15, 0.2) is 0 Å². The van der Waals surface area contributed by atoms with Crippen molar-refractivity contribution in [1.29, 1.82) is 0 Å². The van der Waals surface area contributed by atoms with Crippen LogP contribution in [0.5, 0.6) is 0 Å². The molecule has 7 heteroatoms. The molecule has 6 nitrogen and oxygen atoms in total. The second kappa shape index (κ2) is 6.37. The first kappa shape index (κ1) is 16.3. The van der Waals surface area contributed by atoms with Gasteiger partial charge in [-0.25, -0.2) is 4.79 Å². The van der Waals surface area contributed by atoms with Gasteiger partial charge in [-0.1, -0.05) is 0 Å². The fourth-order valence-corrected chi connectivity index (χ4v) is 2.65. The molecular formula is C14H21BrN2O4. The van der Waals surface area contributed by atoms with Crippen molar-refractivity contribution in [1.82, 2.24) is 4.90 Å². The fourth-order valence-electron chi connectivity index (χ4n) is 2.19. The molecule has 2 heterocycles. The van der Waals surface area contributed by atoms with E-state index in [1.54, 1.807) is 17.2 Å². The molecule has 1 amide bonds. The predicted molar refractivity (Wildman–Crippen MR) is 80.9 cm³/mol. The number of carbonyl (C=O) groups is 1. The van der Waals surface area contributed by atoms with Crippen molar-refractivity contribution in [2.75, 3.05) is 19.8 Å². The van der Waals surface area contributed by atoms with Crippen LogP contribution in [0.1, 0.15) is 32.6 Å². The highest BCUT2D eigenvalue weighted by atomic mass is 79.9. The number of amides is 1. The van der Waals surface area contributed by atoms with Gasteiger partial charge in [-0.2, -0.15) is 0 Å². The molecular weight excluding hydrogens is 340 g/mol. The quantitative estimate of drug-likeness (QED) is 0.876. The molecule has 0 radical (unpaired) electrons. The summed E-state index contributed by atoms with van der Waals surface area (Å²) in [6, 6.07) is 0.967. The minimum absolute atomic E-state index is 0.323. The number of morpholine rings is 1. The number of ether oxygens (including phenoxy) is 2. The normalized spacial score (nSPS) is 21.2. The number of furan rings is 1. The van der Waals surface area contributed by atoms with Crippen molar-refractivity contribution in [2.45, 2.75) is 38.5 Å². The Kier molecular flexibility index (Phi) is 4.95. The van der Waals surface area contributed by atoms with Crippen molar-refractivity contribution in [2.24, 2.45) is 5.73 Å². The minimum atomic E-state index is -0.546. The number of rotatable bonds is 2. The predicted octanol–water partition coefficient (Wildman–Crippen LogP) is 2.68. The van der Waals surface area contributed by atoms with Crippen molar-refractivity contribution in [3.05, 3.63) is 22.6 Å². The molecule has 0 spiro atoms. The van der Waals surface area contributed by atoms with E-state index < -0.39 is 11.6 Å². The monoisotopic (exact) mass is 360 g/mol. The molecule has 118 valence electrons. The van der Waals surface area contributed by atoms with Crippen LogP contribution < -0.4 is 5.73 Å². The van der Waals surface area contributed by atoms with Crippen LogP contribution in [0.15, 0.2) is 21.2 Å². The van der Waals surface area contributed by atoms with E-state index in [9.17, 15) is 4.79 Å². The summed E-state index contributed by atoms with van der Waals surface area (Å²) in [4.78, 5) is 14.0. The molecule has 0 aromatic carbocycles. The van der Waals surface area contributed by atoms with Crippen LogP contribution >= 0.6 is 15.9 Å². The summed E-state index contributed by atoms with van der Waals surface area (Å²) in [5.41, 5.74) is 5.71. The van der Waals surface area contributed by atoms with Gasteiger partial charge >= 0.3 is 6.09 Å². The highest BCUT2D eigenvalue weighted by Crippen LogP contribution is 2.29. The molecule has 1 aromatic rings. The van der Waals surface area contributed by atoms with Crippen LogP contribution in [-0.4, -0.2) is 42.4 Å². The third-order valence-electron chi connectivity index (χ3n) is 3.16. The molecule has 1 aliphatic heterocycles. The number of hydrogen-bond acceptors (Lipinski definition) is 5. The Hall–Kier alpha value is -1.05. The lowest BCUT2D eigenvalue weighted by atomic mass is 10.0. The molecule has 2 unspecified atom stereocenters. The molecule has 2 N–H and O–H groups in total. The van der Waals surface area contributed by atoms with Gasteiger partial charge in [0.25, 0.3) is 0 Å². The second-order valence-electron chi connectivity index (χ2n) is 5.97. The number of carbonyl (C=O) groups excluding carboxylic acids is 1. The van der Waals surface area contributed by atoms with Crippen LogP contribution in [0.2, 0.25) is 0 Å². The third kappa shape index (κ3) is 3.99. The first-order valence-electron chi connectivity index (χ1n) is 6.85. The number of halogens is 1.